The number of carbonyl (C=O) groups is 1. The minimum absolute atomic E-state index is 0.0145. The average molecular weight is 291 g/mol. The van der Waals surface area contributed by atoms with Gasteiger partial charge in [-0.05, 0) is 12.8 Å². The zero-order chi connectivity index (χ0) is 14.7. The lowest BCUT2D eigenvalue weighted by Crippen LogP contribution is -2.22. The predicted molar refractivity (Wildman–Crippen MR) is 83.1 cm³/mol. The molecule has 0 unspecified atom stereocenters. The van der Waals surface area contributed by atoms with Crippen LogP contribution in [0.5, 0.6) is 0 Å². The van der Waals surface area contributed by atoms with Crippen molar-refractivity contribution in [1.82, 2.24) is 0 Å². The van der Waals surface area contributed by atoms with E-state index in [9.17, 15) is 10.1 Å². The van der Waals surface area contributed by atoms with Gasteiger partial charge >= 0.3 is 0 Å². The Morgan fingerprint density at radius 3 is 2.60 bits per heavy atom. The maximum Gasteiger partial charge on any atom is 0.177 e. The molecule has 0 spiro atoms. The van der Waals surface area contributed by atoms with Gasteiger partial charge in [-0.2, -0.15) is 5.26 Å². The van der Waals surface area contributed by atoms with E-state index in [1.165, 1.54) is 30.6 Å². The number of nitrogens with two attached hydrogens (primary N) is 1. The molecule has 0 atom stereocenters. The highest BCUT2D eigenvalue weighted by Gasteiger charge is 2.24. The number of rotatable bonds is 4. The summed E-state index contributed by atoms with van der Waals surface area (Å²) in [5, 5.41) is 13.5. The first-order valence-corrected chi connectivity index (χ1v) is 7.99. The third-order valence-corrected chi connectivity index (χ3v) is 4.90. The fourth-order valence-corrected chi connectivity index (χ4v) is 3.77. The van der Waals surface area contributed by atoms with Crippen LogP contribution in [-0.2, 0) is 0 Å². The Morgan fingerprint density at radius 1 is 1.40 bits per heavy atom. The molecular formula is C15H21N3OS. The topological polar surface area (TPSA) is 78.9 Å². The van der Waals surface area contributed by atoms with E-state index in [-0.39, 0.29) is 11.7 Å². The molecule has 0 aromatic carbocycles. The van der Waals surface area contributed by atoms with Crippen LogP contribution in [0.4, 0.5) is 10.7 Å². The Labute approximate surface area is 124 Å². The molecule has 0 aliphatic heterocycles. The summed E-state index contributed by atoms with van der Waals surface area (Å²) >= 11 is 1.33. The summed E-state index contributed by atoms with van der Waals surface area (Å²) in [6.45, 7) is 3.70. The van der Waals surface area contributed by atoms with Crippen molar-refractivity contribution in [2.75, 3.05) is 11.1 Å². The Morgan fingerprint density at radius 2 is 2.05 bits per heavy atom. The monoisotopic (exact) mass is 291 g/mol. The summed E-state index contributed by atoms with van der Waals surface area (Å²) in [6, 6.07) is 2.54. The molecule has 0 bridgehead atoms. The molecule has 20 heavy (non-hydrogen) atoms. The molecule has 1 aromatic heterocycles. The Balaban J connectivity index is 2.26. The summed E-state index contributed by atoms with van der Waals surface area (Å²) in [5.41, 5.74) is 6.76. The molecule has 3 N–H and O–H groups in total. The zero-order valence-electron chi connectivity index (χ0n) is 12.0. The molecule has 1 saturated carbocycles. The van der Waals surface area contributed by atoms with Crippen molar-refractivity contribution in [1.29, 1.82) is 5.26 Å². The van der Waals surface area contributed by atoms with Crippen molar-refractivity contribution in [3.05, 3.63) is 10.4 Å². The molecule has 0 saturated heterocycles. The normalized spacial score (nSPS) is 16.1. The quantitative estimate of drug-likeness (QED) is 0.827. The Hall–Kier alpha value is -1.54. The second kappa shape index (κ2) is 6.27. The lowest BCUT2D eigenvalue weighted by Gasteiger charge is -2.23. The van der Waals surface area contributed by atoms with E-state index in [0.717, 1.165) is 17.8 Å². The zero-order valence-corrected chi connectivity index (χ0v) is 12.8. The van der Waals surface area contributed by atoms with Crippen LogP contribution in [0.3, 0.4) is 0 Å². The number of nitrogens with zero attached hydrogens (tertiary/aromatic N) is 1. The highest BCUT2D eigenvalue weighted by Crippen LogP contribution is 2.38. The summed E-state index contributed by atoms with van der Waals surface area (Å²) in [4.78, 5) is 12.7. The van der Waals surface area contributed by atoms with E-state index in [1.807, 2.05) is 13.8 Å². The molecule has 5 heteroatoms. The van der Waals surface area contributed by atoms with Gasteiger partial charge in [0.15, 0.2) is 5.78 Å². The van der Waals surface area contributed by atoms with Crippen LogP contribution in [0.2, 0.25) is 0 Å². The molecule has 0 amide bonds. The Bertz CT molecular complexity index is 536. The van der Waals surface area contributed by atoms with E-state index in [1.54, 1.807) is 0 Å². The third kappa shape index (κ3) is 2.96. The first-order chi connectivity index (χ1) is 9.54. The molecule has 1 fully saturated rings. The summed E-state index contributed by atoms with van der Waals surface area (Å²) in [5.74, 6) is -0.0919. The van der Waals surface area contributed by atoms with Gasteiger partial charge < -0.3 is 11.1 Å². The predicted octanol–water partition coefficient (Wildman–Crippen LogP) is 3.79. The highest BCUT2D eigenvalue weighted by atomic mass is 32.1. The summed E-state index contributed by atoms with van der Waals surface area (Å²) in [6.07, 6.45) is 5.97. The maximum atomic E-state index is 12.1. The largest absolute Gasteiger partial charge is 0.396 e. The van der Waals surface area contributed by atoms with E-state index in [0.29, 0.717) is 22.2 Å². The van der Waals surface area contributed by atoms with Gasteiger partial charge in [-0.3, -0.25) is 4.79 Å². The minimum atomic E-state index is -0.106. The molecule has 108 valence electrons. The summed E-state index contributed by atoms with van der Waals surface area (Å²) in [7, 11) is 0. The number of nitrogen functional groups attached to an aromatic ring is 1. The van der Waals surface area contributed by atoms with Gasteiger partial charge in [0.25, 0.3) is 0 Å². The number of anilines is 2. The van der Waals surface area contributed by atoms with Crippen LogP contribution in [0.1, 0.15) is 61.2 Å². The van der Waals surface area contributed by atoms with Crippen molar-refractivity contribution in [2.24, 2.45) is 5.92 Å². The van der Waals surface area contributed by atoms with E-state index >= 15 is 0 Å². The molecular weight excluding hydrogens is 270 g/mol. The van der Waals surface area contributed by atoms with Gasteiger partial charge in [0.1, 0.15) is 16.6 Å². The van der Waals surface area contributed by atoms with Crippen molar-refractivity contribution < 1.29 is 4.79 Å². The van der Waals surface area contributed by atoms with Crippen LogP contribution in [0, 0.1) is 17.2 Å². The molecule has 1 aromatic rings. The molecule has 0 radical (unpaired) electrons. The van der Waals surface area contributed by atoms with Gasteiger partial charge in [-0.25, -0.2) is 0 Å². The number of ketones is 1. The van der Waals surface area contributed by atoms with E-state index in [4.69, 9.17) is 5.73 Å². The fraction of sp³-hybridized carbons (Fsp3) is 0.600. The number of carbonyl (C=O) groups excluding carboxylic acids is 1. The van der Waals surface area contributed by atoms with Crippen LogP contribution in [0.15, 0.2) is 0 Å². The summed E-state index contributed by atoms with van der Waals surface area (Å²) < 4.78 is 0. The van der Waals surface area contributed by atoms with Gasteiger partial charge in [0, 0.05) is 12.0 Å². The molecule has 1 aliphatic rings. The minimum Gasteiger partial charge on any atom is -0.396 e. The number of hydrogen-bond acceptors (Lipinski definition) is 5. The molecule has 1 heterocycles. The molecule has 1 aliphatic carbocycles. The standard InChI is InChI=1S/C15H21N3OS/c1-9(2)13(19)14-12(17)11(8-16)15(20-14)18-10-6-4-3-5-7-10/h9-10,18H,3-7,17H2,1-2H3. The maximum absolute atomic E-state index is 12.1. The van der Waals surface area contributed by atoms with Gasteiger partial charge in [-0.1, -0.05) is 33.1 Å². The van der Waals surface area contributed by atoms with Crippen LogP contribution in [-0.4, -0.2) is 11.8 Å². The SMILES string of the molecule is CC(C)C(=O)c1sc(NC2CCCCC2)c(C#N)c1N. The number of nitriles is 1. The van der Waals surface area contributed by atoms with E-state index in [2.05, 4.69) is 11.4 Å². The number of nitrogens with one attached hydrogen (secondary N) is 1. The van der Waals surface area contributed by atoms with Crippen molar-refractivity contribution in [2.45, 2.75) is 52.0 Å². The second-order valence-corrected chi connectivity index (χ2v) is 6.68. The molecule has 2 rings (SSSR count). The van der Waals surface area contributed by atoms with Crippen LogP contribution >= 0.6 is 11.3 Å². The van der Waals surface area contributed by atoms with Crippen LogP contribution < -0.4 is 11.1 Å². The fourth-order valence-electron chi connectivity index (χ4n) is 2.53. The van der Waals surface area contributed by atoms with Crippen molar-refractivity contribution in [3.8, 4) is 6.07 Å². The smallest absolute Gasteiger partial charge is 0.177 e. The van der Waals surface area contributed by atoms with Gasteiger partial charge in [-0.15, -0.1) is 11.3 Å². The number of Topliss-reactive ketones (excluding diaryl/α,β-unsaturated/α-hetero) is 1. The third-order valence-electron chi connectivity index (χ3n) is 3.75. The van der Waals surface area contributed by atoms with Crippen molar-refractivity contribution in [3.63, 3.8) is 0 Å². The highest BCUT2D eigenvalue weighted by molar-refractivity contribution is 7.19. The van der Waals surface area contributed by atoms with Crippen LogP contribution in [0.25, 0.3) is 0 Å². The second-order valence-electron chi connectivity index (χ2n) is 5.66. The number of hydrogen-bond donors (Lipinski definition) is 2. The molecule has 4 nitrogen and oxygen atoms in total. The van der Waals surface area contributed by atoms with E-state index < -0.39 is 0 Å². The number of thiophene rings is 1. The van der Waals surface area contributed by atoms with Gasteiger partial charge in [0.05, 0.1) is 10.6 Å². The van der Waals surface area contributed by atoms with Gasteiger partial charge in [0.2, 0.25) is 0 Å². The first kappa shape index (κ1) is 14.9. The van der Waals surface area contributed by atoms with Crippen molar-refractivity contribution >= 4 is 27.8 Å². The first-order valence-electron chi connectivity index (χ1n) is 7.17. The lowest BCUT2D eigenvalue weighted by atomic mass is 9.95. The lowest BCUT2D eigenvalue weighted by molar-refractivity contribution is 0.0944. The average Bonchev–Trinajstić information content (AvgIpc) is 2.75. The Kier molecular flexibility index (Phi) is 4.66.